The molecular formula is C9H13NO3. The molecule has 2 bridgehead atoms. The van der Waals surface area contributed by atoms with Gasteiger partial charge < -0.3 is 10.0 Å². The summed E-state index contributed by atoms with van der Waals surface area (Å²) in [5, 5.41) is 8.49. The fraction of sp³-hybridized carbons (Fsp3) is 0.778. The molecule has 4 nitrogen and oxygen atoms in total. The molecule has 0 aromatic carbocycles. The first-order valence-corrected chi connectivity index (χ1v) is 4.71. The number of likely N-dealkylation sites (tertiary alicyclic amines) is 1. The number of nitrogens with zero attached hydrogens (tertiary/aromatic N) is 1. The summed E-state index contributed by atoms with van der Waals surface area (Å²) in [7, 11) is 0. The van der Waals surface area contributed by atoms with Crippen LogP contribution < -0.4 is 0 Å². The van der Waals surface area contributed by atoms with E-state index in [0.717, 1.165) is 19.3 Å². The van der Waals surface area contributed by atoms with Crippen LogP contribution in [0.15, 0.2) is 0 Å². The summed E-state index contributed by atoms with van der Waals surface area (Å²) in [5.74, 6) is -0.438. The molecule has 1 amide bonds. The fourth-order valence-corrected chi connectivity index (χ4v) is 2.39. The highest BCUT2D eigenvalue weighted by Crippen LogP contribution is 2.38. The van der Waals surface area contributed by atoms with E-state index in [0.29, 0.717) is 12.6 Å². The largest absolute Gasteiger partial charge is 0.481 e. The molecule has 13 heavy (non-hydrogen) atoms. The minimum absolute atomic E-state index is 0.0783. The van der Waals surface area contributed by atoms with Crippen LogP contribution in [0.25, 0.3) is 0 Å². The van der Waals surface area contributed by atoms with E-state index in [1.165, 1.54) is 0 Å². The fourth-order valence-electron chi connectivity index (χ4n) is 2.39. The molecule has 2 aliphatic rings. The van der Waals surface area contributed by atoms with Gasteiger partial charge in [0.15, 0.2) is 0 Å². The van der Waals surface area contributed by atoms with Crippen molar-refractivity contribution in [3.05, 3.63) is 0 Å². The van der Waals surface area contributed by atoms with Crippen molar-refractivity contribution in [3.8, 4) is 0 Å². The van der Waals surface area contributed by atoms with Crippen molar-refractivity contribution in [1.82, 2.24) is 4.90 Å². The molecule has 1 saturated carbocycles. The van der Waals surface area contributed by atoms with Gasteiger partial charge in [-0.05, 0) is 19.3 Å². The number of carboxylic acid groups (broad SMARTS) is 1. The summed E-state index contributed by atoms with van der Waals surface area (Å²) in [6, 6.07) is 0.344. The van der Waals surface area contributed by atoms with Crippen LogP contribution in [0, 0.1) is 5.92 Å². The van der Waals surface area contributed by atoms with Gasteiger partial charge in [-0.25, -0.2) is 0 Å². The number of amides is 1. The van der Waals surface area contributed by atoms with Gasteiger partial charge in [0.1, 0.15) is 0 Å². The van der Waals surface area contributed by atoms with Crippen LogP contribution in [0.1, 0.15) is 25.7 Å². The van der Waals surface area contributed by atoms with E-state index in [2.05, 4.69) is 0 Å². The SMILES string of the molecule is O=C(O)CCN1C(=O)C2CCC1C2. The molecule has 1 saturated heterocycles. The minimum atomic E-state index is -0.824. The van der Waals surface area contributed by atoms with Crippen LogP contribution in [-0.4, -0.2) is 34.5 Å². The van der Waals surface area contributed by atoms with Gasteiger partial charge >= 0.3 is 5.97 Å². The predicted octanol–water partition coefficient (Wildman–Crippen LogP) is 0.472. The lowest BCUT2D eigenvalue weighted by molar-refractivity contribution is -0.139. The monoisotopic (exact) mass is 183 g/mol. The van der Waals surface area contributed by atoms with E-state index in [1.54, 1.807) is 4.90 Å². The Balaban J connectivity index is 1.93. The van der Waals surface area contributed by atoms with E-state index in [4.69, 9.17) is 5.11 Å². The van der Waals surface area contributed by atoms with E-state index >= 15 is 0 Å². The smallest absolute Gasteiger partial charge is 0.305 e. The minimum Gasteiger partial charge on any atom is -0.481 e. The summed E-state index contributed by atoms with van der Waals surface area (Å²) >= 11 is 0. The molecule has 0 radical (unpaired) electrons. The highest BCUT2D eigenvalue weighted by Gasteiger charge is 2.44. The second-order valence-corrected chi connectivity index (χ2v) is 3.84. The van der Waals surface area contributed by atoms with Gasteiger partial charge in [0.25, 0.3) is 0 Å². The molecule has 0 aromatic heterocycles. The maximum absolute atomic E-state index is 11.5. The molecular weight excluding hydrogens is 170 g/mol. The first-order valence-electron chi connectivity index (χ1n) is 4.71. The van der Waals surface area contributed by atoms with E-state index < -0.39 is 5.97 Å². The number of piperidine rings is 1. The van der Waals surface area contributed by atoms with E-state index in [1.807, 2.05) is 0 Å². The van der Waals surface area contributed by atoms with Gasteiger partial charge in [0, 0.05) is 18.5 Å². The molecule has 2 unspecified atom stereocenters. The Morgan fingerprint density at radius 3 is 2.85 bits per heavy atom. The number of carboxylic acids is 1. The zero-order valence-corrected chi connectivity index (χ0v) is 7.40. The van der Waals surface area contributed by atoms with Crippen LogP contribution in [0.3, 0.4) is 0 Å². The molecule has 2 atom stereocenters. The number of carbonyl (C=O) groups is 2. The van der Waals surface area contributed by atoms with Crippen LogP contribution in [0.5, 0.6) is 0 Å². The summed E-state index contributed by atoms with van der Waals surface area (Å²) in [4.78, 5) is 23.6. The van der Waals surface area contributed by atoms with Gasteiger partial charge in [-0.3, -0.25) is 9.59 Å². The van der Waals surface area contributed by atoms with Crippen LogP contribution in [0.4, 0.5) is 0 Å². The number of hydrogen-bond donors (Lipinski definition) is 1. The highest BCUT2D eigenvalue weighted by atomic mass is 16.4. The van der Waals surface area contributed by atoms with Gasteiger partial charge in [0.2, 0.25) is 5.91 Å². The number of rotatable bonds is 3. The summed E-state index contributed by atoms with van der Waals surface area (Å²) < 4.78 is 0. The maximum atomic E-state index is 11.5. The predicted molar refractivity (Wildman–Crippen MR) is 45.1 cm³/mol. The molecule has 2 fully saturated rings. The lowest BCUT2D eigenvalue weighted by atomic mass is 10.1. The third kappa shape index (κ3) is 1.41. The topological polar surface area (TPSA) is 57.6 Å². The van der Waals surface area contributed by atoms with Crippen molar-refractivity contribution in [3.63, 3.8) is 0 Å². The second-order valence-electron chi connectivity index (χ2n) is 3.84. The van der Waals surface area contributed by atoms with Crippen molar-refractivity contribution in [1.29, 1.82) is 0 Å². The van der Waals surface area contributed by atoms with Gasteiger partial charge in [0.05, 0.1) is 6.42 Å². The standard InChI is InChI=1S/C9H13NO3/c11-8(12)3-4-10-7-2-1-6(5-7)9(10)13/h6-7H,1-5H2,(H,11,12). The quantitative estimate of drug-likeness (QED) is 0.692. The molecule has 4 heteroatoms. The Kier molecular flexibility index (Phi) is 1.98. The van der Waals surface area contributed by atoms with Crippen molar-refractivity contribution in [2.75, 3.05) is 6.54 Å². The molecule has 2 rings (SSSR count). The molecule has 0 spiro atoms. The molecule has 1 aliphatic carbocycles. The lowest BCUT2D eigenvalue weighted by Gasteiger charge is -2.26. The number of fused-ring (bicyclic) bond motifs is 2. The van der Waals surface area contributed by atoms with Crippen LogP contribution in [-0.2, 0) is 9.59 Å². The first-order chi connectivity index (χ1) is 6.18. The third-order valence-corrected chi connectivity index (χ3v) is 3.04. The van der Waals surface area contributed by atoms with Crippen LogP contribution >= 0.6 is 0 Å². The zero-order chi connectivity index (χ0) is 9.42. The van der Waals surface area contributed by atoms with E-state index in [-0.39, 0.29) is 18.2 Å². The molecule has 0 aromatic rings. The Labute approximate surface area is 76.5 Å². The molecule has 1 heterocycles. The van der Waals surface area contributed by atoms with Gasteiger partial charge in [-0.15, -0.1) is 0 Å². The van der Waals surface area contributed by atoms with E-state index in [9.17, 15) is 9.59 Å². The molecule has 1 aliphatic heterocycles. The van der Waals surface area contributed by atoms with Crippen molar-refractivity contribution < 1.29 is 14.7 Å². The lowest BCUT2D eigenvalue weighted by Crippen LogP contribution is -2.38. The molecule has 72 valence electrons. The number of carbonyl (C=O) groups excluding carboxylic acids is 1. The van der Waals surface area contributed by atoms with Crippen molar-refractivity contribution >= 4 is 11.9 Å². The van der Waals surface area contributed by atoms with Crippen molar-refractivity contribution in [2.24, 2.45) is 5.92 Å². The van der Waals surface area contributed by atoms with Crippen LogP contribution in [0.2, 0.25) is 0 Å². The first kappa shape index (κ1) is 8.53. The Morgan fingerprint density at radius 1 is 1.54 bits per heavy atom. The normalized spacial score (nSPS) is 31.4. The number of hydrogen-bond acceptors (Lipinski definition) is 2. The summed E-state index contributed by atoms with van der Waals surface area (Å²) in [5.41, 5.74) is 0. The third-order valence-electron chi connectivity index (χ3n) is 3.04. The average Bonchev–Trinajstić information content (AvgIpc) is 2.61. The highest BCUT2D eigenvalue weighted by molar-refractivity contribution is 5.83. The van der Waals surface area contributed by atoms with Crippen molar-refractivity contribution in [2.45, 2.75) is 31.7 Å². The summed E-state index contributed by atoms with van der Waals surface area (Å²) in [6.45, 7) is 0.398. The molecule has 1 N–H and O–H groups in total. The van der Waals surface area contributed by atoms with Gasteiger partial charge in [-0.2, -0.15) is 0 Å². The zero-order valence-electron chi connectivity index (χ0n) is 7.40. The number of aliphatic carboxylic acids is 1. The second kappa shape index (κ2) is 3.01. The Bertz CT molecular complexity index is 251. The maximum Gasteiger partial charge on any atom is 0.305 e. The Morgan fingerprint density at radius 2 is 2.31 bits per heavy atom. The Hall–Kier alpha value is -1.06. The van der Waals surface area contributed by atoms with Gasteiger partial charge in [-0.1, -0.05) is 0 Å². The summed E-state index contributed by atoms with van der Waals surface area (Å²) in [6.07, 6.45) is 3.11. The average molecular weight is 183 g/mol.